The number of hydrogen-bond acceptors (Lipinski definition) is 6. The van der Waals surface area contributed by atoms with E-state index in [0.717, 1.165) is 11.8 Å². The Balaban J connectivity index is 1.60. The Hall–Kier alpha value is -3.36. The van der Waals surface area contributed by atoms with Gasteiger partial charge in [-0.25, -0.2) is 4.99 Å². The van der Waals surface area contributed by atoms with Crippen LogP contribution in [0.2, 0.25) is 5.02 Å². The standard InChI is InChI=1S/C20H12ClN3O4S/c21-13-3-5-14(6-4-13)22-19-18(29-20(25)23-19)11-16-9-10-17(28-16)12-1-7-15(8-2-12)24(26)27/h1-11H,(H,22,23,25). The molecule has 1 aliphatic rings. The summed E-state index contributed by atoms with van der Waals surface area (Å²) in [5.41, 5.74) is 1.38. The molecule has 0 atom stereocenters. The fourth-order valence-electron chi connectivity index (χ4n) is 2.62. The summed E-state index contributed by atoms with van der Waals surface area (Å²) in [5, 5.41) is 13.9. The number of thioether (sulfide) groups is 1. The van der Waals surface area contributed by atoms with Gasteiger partial charge < -0.3 is 9.73 Å². The quantitative estimate of drug-likeness (QED) is 0.406. The van der Waals surface area contributed by atoms with Crippen molar-refractivity contribution in [2.45, 2.75) is 0 Å². The number of nitro benzene ring substituents is 1. The zero-order chi connectivity index (χ0) is 20.4. The van der Waals surface area contributed by atoms with Gasteiger partial charge in [-0.3, -0.25) is 14.9 Å². The van der Waals surface area contributed by atoms with Gasteiger partial charge in [0.05, 0.1) is 15.5 Å². The largest absolute Gasteiger partial charge is 0.457 e. The molecule has 0 spiro atoms. The molecule has 7 nitrogen and oxygen atoms in total. The molecule has 29 heavy (non-hydrogen) atoms. The van der Waals surface area contributed by atoms with Gasteiger partial charge >= 0.3 is 0 Å². The molecule has 144 valence electrons. The number of aliphatic imine (C=N–C) groups is 1. The van der Waals surface area contributed by atoms with Crippen molar-refractivity contribution in [1.82, 2.24) is 5.32 Å². The van der Waals surface area contributed by atoms with Crippen molar-refractivity contribution in [1.29, 1.82) is 0 Å². The predicted octanol–water partition coefficient (Wildman–Crippen LogP) is 6.04. The van der Waals surface area contributed by atoms with E-state index in [0.29, 0.717) is 38.5 Å². The van der Waals surface area contributed by atoms with Crippen LogP contribution < -0.4 is 5.32 Å². The minimum absolute atomic E-state index is 0.0117. The number of amides is 1. The van der Waals surface area contributed by atoms with E-state index < -0.39 is 4.92 Å². The molecule has 1 amide bonds. The van der Waals surface area contributed by atoms with Crippen LogP contribution in [0.15, 0.2) is 75.0 Å². The maximum Gasteiger partial charge on any atom is 0.289 e. The molecule has 1 N–H and O–H groups in total. The molecule has 1 aliphatic heterocycles. The van der Waals surface area contributed by atoms with Crippen LogP contribution in [0.5, 0.6) is 0 Å². The number of rotatable bonds is 4. The lowest BCUT2D eigenvalue weighted by Crippen LogP contribution is -2.18. The fourth-order valence-corrected chi connectivity index (χ4v) is 3.46. The Kier molecular flexibility index (Phi) is 5.20. The Morgan fingerprint density at radius 1 is 1.07 bits per heavy atom. The molecule has 9 heteroatoms. The number of hydrogen-bond donors (Lipinski definition) is 1. The van der Waals surface area contributed by atoms with Gasteiger partial charge in [-0.2, -0.15) is 0 Å². The second-order valence-electron chi connectivity index (χ2n) is 5.97. The summed E-state index contributed by atoms with van der Waals surface area (Å²) < 4.78 is 5.81. The van der Waals surface area contributed by atoms with E-state index >= 15 is 0 Å². The molecular weight excluding hydrogens is 414 g/mol. The van der Waals surface area contributed by atoms with Crippen molar-refractivity contribution in [3.63, 3.8) is 0 Å². The Morgan fingerprint density at radius 3 is 2.48 bits per heavy atom. The number of nitrogens with one attached hydrogen (secondary N) is 1. The topological polar surface area (TPSA) is 97.7 Å². The van der Waals surface area contributed by atoms with Crippen molar-refractivity contribution in [3.8, 4) is 11.3 Å². The van der Waals surface area contributed by atoms with Crippen molar-refractivity contribution in [2.24, 2.45) is 4.99 Å². The Morgan fingerprint density at radius 2 is 1.79 bits per heavy atom. The van der Waals surface area contributed by atoms with Crippen LogP contribution in [0.3, 0.4) is 0 Å². The summed E-state index contributed by atoms with van der Waals surface area (Å²) in [5.74, 6) is 1.52. The average molecular weight is 426 g/mol. The number of furan rings is 1. The van der Waals surface area contributed by atoms with E-state index in [9.17, 15) is 14.9 Å². The van der Waals surface area contributed by atoms with E-state index in [4.69, 9.17) is 16.0 Å². The highest BCUT2D eigenvalue weighted by Crippen LogP contribution is 2.31. The van der Waals surface area contributed by atoms with E-state index in [1.54, 1.807) is 54.6 Å². The van der Waals surface area contributed by atoms with Crippen LogP contribution in [-0.4, -0.2) is 16.0 Å². The second-order valence-corrected chi connectivity index (χ2v) is 7.42. The molecule has 1 aromatic heterocycles. The number of carbonyl (C=O) groups is 1. The van der Waals surface area contributed by atoms with Gasteiger partial charge in [0.1, 0.15) is 17.4 Å². The number of halogens is 1. The molecule has 1 saturated heterocycles. The van der Waals surface area contributed by atoms with Gasteiger partial charge in [0.2, 0.25) is 0 Å². The van der Waals surface area contributed by atoms with E-state index in [1.165, 1.54) is 12.1 Å². The SMILES string of the molecule is O=C1NC(=Nc2ccc(Cl)cc2)C(=Cc2ccc(-c3ccc([N+](=O)[O-])cc3)o2)S1. The molecule has 0 aliphatic carbocycles. The lowest BCUT2D eigenvalue weighted by molar-refractivity contribution is -0.384. The smallest absolute Gasteiger partial charge is 0.289 e. The Bertz CT molecular complexity index is 1150. The molecule has 3 aromatic rings. The lowest BCUT2D eigenvalue weighted by atomic mass is 10.1. The van der Waals surface area contributed by atoms with Gasteiger partial charge in [0.25, 0.3) is 10.9 Å². The van der Waals surface area contributed by atoms with Crippen molar-refractivity contribution < 1.29 is 14.1 Å². The average Bonchev–Trinajstić information content (AvgIpc) is 3.30. The van der Waals surface area contributed by atoms with Crippen LogP contribution in [0.1, 0.15) is 5.76 Å². The molecule has 4 rings (SSSR count). The molecule has 0 radical (unpaired) electrons. The summed E-state index contributed by atoms with van der Waals surface area (Å²) >= 11 is 6.91. The number of amidine groups is 1. The number of non-ortho nitro benzene ring substituents is 1. The third-order valence-corrected chi connectivity index (χ3v) is 5.06. The summed E-state index contributed by atoms with van der Waals surface area (Å²) in [6.45, 7) is 0. The zero-order valence-corrected chi connectivity index (χ0v) is 16.2. The van der Waals surface area contributed by atoms with Gasteiger partial charge in [-0.15, -0.1) is 0 Å². The lowest BCUT2D eigenvalue weighted by Gasteiger charge is -1.99. The van der Waals surface area contributed by atoms with Crippen LogP contribution >= 0.6 is 23.4 Å². The number of carbonyl (C=O) groups excluding carboxylic acids is 1. The third-order valence-electron chi connectivity index (χ3n) is 3.99. The molecule has 1 fully saturated rings. The van der Waals surface area contributed by atoms with E-state index in [1.807, 2.05) is 0 Å². The van der Waals surface area contributed by atoms with Crippen LogP contribution in [0.25, 0.3) is 17.4 Å². The monoisotopic (exact) mass is 425 g/mol. The first-order valence-corrected chi connectivity index (χ1v) is 9.57. The normalized spacial score (nSPS) is 16.4. The fraction of sp³-hybridized carbons (Fsp3) is 0. The predicted molar refractivity (Wildman–Crippen MR) is 113 cm³/mol. The van der Waals surface area contributed by atoms with E-state index in [2.05, 4.69) is 10.3 Å². The number of nitrogens with zero attached hydrogens (tertiary/aromatic N) is 2. The molecule has 0 saturated carbocycles. The first-order chi connectivity index (χ1) is 14.0. The first-order valence-electron chi connectivity index (χ1n) is 8.38. The minimum atomic E-state index is -0.454. The zero-order valence-electron chi connectivity index (χ0n) is 14.7. The van der Waals surface area contributed by atoms with Gasteiger partial charge in [0.15, 0.2) is 0 Å². The first kappa shape index (κ1) is 19.0. The van der Waals surface area contributed by atoms with Gasteiger partial charge in [-0.05, 0) is 66.4 Å². The highest BCUT2D eigenvalue weighted by atomic mass is 35.5. The summed E-state index contributed by atoms with van der Waals surface area (Å²) in [6.07, 6.45) is 1.71. The summed E-state index contributed by atoms with van der Waals surface area (Å²) in [4.78, 5) is 27.2. The highest BCUT2D eigenvalue weighted by molar-refractivity contribution is 8.18. The maximum absolute atomic E-state index is 11.8. The van der Waals surface area contributed by atoms with Crippen LogP contribution in [0.4, 0.5) is 16.2 Å². The van der Waals surface area contributed by atoms with Crippen LogP contribution in [0, 0.1) is 10.1 Å². The summed E-state index contributed by atoms with van der Waals surface area (Å²) in [7, 11) is 0. The third kappa shape index (κ3) is 4.39. The van der Waals surface area contributed by atoms with Crippen molar-refractivity contribution in [2.75, 3.05) is 0 Å². The van der Waals surface area contributed by atoms with Crippen LogP contribution in [-0.2, 0) is 0 Å². The van der Waals surface area contributed by atoms with E-state index in [-0.39, 0.29) is 10.9 Å². The van der Waals surface area contributed by atoms with Crippen molar-refractivity contribution in [3.05, 3.63) is 86.5 Å². The van der Waals surface area contributed by atoms with Crippen molar-refractivity contribution >= 4 is 51.9 Å². The maximum atomic E-state index is 11.8. The van der Waals surface area contributed by atoms with Gasteiger partial charge in [-0.1, -0.05) is 11.6 Å². The summed E-state index contributed by atoms with van der Waals surface area (Å²) in [6, 6.07) is 16.5. The highest BCUT2D eigenvalue weighted by Gasteiger charge is 2.24. The van der Waals surface area contributed by atoms with Gasteiger partial charge in [0, 0.05) is 22.7 Å². The number of benzene rings is 2. The molecule has 0 bridgehead atoms. The Labute approximate surface area is 174 Å². The molecule has 2 aromatic carbocycles. The molecule has 2 heterocycles. The second kappa shape index (κ2) is 7.94. The number of nitro groups is 1. The molecular formula is C20H12ClN3O4S. The minimum Gasteiger partial charge on any atom is -0.457 e. The molecule has 0 unspecified atom stereocenters.